The van der Waals surface area contributed by atoms with E-state index in [1.807, 2.05) is 18.3 Å². The highest BCUT2D eigenvalue weighted by Crippen LogP contribution is 2.50. The largest absolute Gasteiger partial charge is 0.495 e. The van der Waals surface area contributed by atoms with Gasteiger partial charge in [0.25, 0.3) is 0 Å². The van der Waals surface area contributed by atoms with Crippen LogP contribution in [0.2, 0.25) is 23.2 Å². The Morgan fingerprint density at radius 1 is 1.10 bits per heavy atom. The minimum absolute atomic E-state index is 0.141. The number of aromatic nitrogens is 5. The molecule has 4 aromatic rings. The molecule has 3 aromatic heterocycles. The number of rotatable bonds is 7. The van der Waals surface area contributed by atoms with Crippen molar-refractivity contribution in [2.45, 2.75) is 77.2 Å². The third-order valence-corrected chi connectivity index (χ3v) is 13.2. The van der Waals surface area contributed by atoms with E-state index in [1.54, 1.807) is 31.6 Å². The lowest BCUT2D eigenvalue weighted by Crippen LogP contribution is -2.54. The van der Waals surface area contributed by atoms with Gasteiger partial charge in [0.05, 0.1) is 41.1 Å². The zero-order valence-electron chi connectivity index (χ0n) is 23.9. The van der Waals surface area contributed by atoms with Crippen molar-refractivity contribution in [2.24, 2.45) is 0 Å². The molecule has 0 atom stereocenters. The van der Waals surface area contributed by atoms with Crippen LogP contribution in [0.25, 0.3) is 34.0 Å². The van der Waals surface area contributed by atoms with E-state index in [-0.39, 0.29) is 16.7 Å². The molecule has 8 nitrogen and oxygen atoms in total. The van der Waals surface area contributed by atoms with Gasteiger partial charge in [-0.3, -0.25) is 4.68 Å². The Balaban J connectivity index is 1.50. The first kappa shape index (κ1) is 27.5. The number of benzene rings is 1. The molecule has 1 aliphatic carbocycles. The van der Waals surface area contributed by atoms with Crippen molar-refractivity contribution >= 4 is 19.9 Å². The minimum Gasteiger partial charge on any atom is -0.495 e. The van der Waals surface area contributed by atoms with Crippen molar-refractivity contribution in [3.8, 4) is 39.7 Å². The molecule has 0 bridgehead atoms. The molecule has 1 fully saturated rings. The Bertz CT molecular complexity index is 1490. The van der Waals surface area contributed by atoms with Crippen LogP contribution in [0.15, 0.2) is 47.4 Å². The molecule has 0 spiro atoms. The molecule has 5 rings (SSSR count). The number of halogens is 1. The van der Waals surface area contributed by atoms with Crippen molar-refractivity contribution < 1.29 is 13.7 Å². The molecule has 10 heteroatoms. The van der Waals surface area contributed by atoms with Crippen LogP contribution >= 0.6 is 11.6 Å². The lowest BCUT2D eigenvalue weighted by atomic mass is 9.77. The van der Waals surface area contributed by atoms with Gasteiger partial charge in [0.15, 0.2) is 19.9 Å². The number of hydrogen-bond donors (Lipinski definition) is 0. The summed E-state index contributed by atoms with van der Waals surface area (Å²) in [5.41, 5.74) is 3.58. The minimum atomic E-state index is -1.87. The molecule has 0 unspecified atom stereocenters. The summed E-state index contributed by atoms with van der Waals surface area (Å²) in [4.78, 5) is 9.02. The van der Waals surface area contributed by atoms with E-state index in [2.05, 4.69) is 67.5 Å². The summed E-state index contributed by atoms with van der Waals surface area (Å²) in [7, 11) is -0.290. The standard InChI is InChI=1S/C29H36ClN5O3Si/c1-18-21(17-33-35(18)19-15-29(5,16-19)38-39(7,8)28(2,3)4)26-23(27-31-13-10-14-32-27)25(34-37-26)20-11-9-12-22(36-6)24(20)30/h9-14,17,19H,15-16H2,1-8H3. The first-order valence-corrected chi connectivity index (χ1v) is 16.5. The van der Waals surface area contributed by atoms with Crippen LogP contribution in [0.4, 0.5) is 0 Å². The van der Waals surface area contributed by atoms with Gasteiger partial charge in [-0.2, -0.15) is 5.10 Å². The van der Waals surface area contributed by atoms with Crippen LogP contribution in [0, 0.1) is 6.92 Å². The topological polar surface area (TPSA) is 88.1 Å². The molecular formula is C29H36ClN5O3Si. The molecule has 3 heterocycles. The van der Waals surface area contributed by atoms with Crippen LogP contribution in [0.3, 0.4) is 0 Å². The zero-order chi connectivity index (χ0) is 28.2. The van der Waals surface area contributed by atoms with Crippen molar-refractivity contribution in [2.75, 3.05) is 7.11 Å². The Hall–Kier alpha value is -3.01. The predicted molar refractivity (Wildman–Crippen MR) is 155 cm³/mol. The molecule has 0 N–H and O–H groups in total. The molecule has 206 valence electrons. The molecule has 0 amide bonds. The second-order valence-corrected chi connectivity index (χ2v) is 17.2. The fraction of sp³-hybridized carbons (Fsp3) is 0.448. The van der Waals surface area contributed by atoms with Gasteiger partial charge in [0.2, 0.25) is 0 Å². The quantitative estimate of drug-likeness (QED) is 0.212. The van der Waals surface area contributed by atoms with Crippen LogP contribution in [-0.2, 0) is 4.43 Å². The molecule has 0 saturated heterocycles. The van der Waals surface area contributed by atoms with E-state index in [4.69, 9.17) is 30.4 Å². The van der Waals surface area contributed by atoms with Crippen LogP contribution in [0.1, 0.15) is 52.3 Å². The molecular weight excluding hydrogens is 530 g/mol. The lowest BCUT2D eigenvalue weighted by molar-refractivity contribution is -0.0429. The molecule has 1 saturated carbocycles. The summed E-state index contributed by atoms with van der Waals surface area (Å²) in [6.07, 6.45) is 7.06. The van der Waals surface area contributed by atoms with Gasteiger partial charge < -0.3 is 13.7 Å². The van der Waals surface area contributed by atoms with Crippen molar-refractivity contribution in [3.05, 3.63) is 53.6 Å². The van der Waals surface area contributed by atoms with E-state index in [0.717, 1.165) is 24.1 Å². The van der Waals surface area contributed by atoms with Gasteiger partial charge in [-0.1, -0.05) is 49.7 Å². The number of hydrogen-bond acceptors (Lipinski definition) is 7. The number of nitrogens with zero attached hydrogens (tertiary/aromatic N) is 5. The zero-order valence-corrected chi connectivity index (χ0v) is 25.6. The van der Waals surface area contributed by atoms with Crippen molar-refractivity contribution in [1.29, 1.82) is 0 Å². The summed E-state index contributed by atoms with van der Waals surface area (Å²) in [6, 6.07) is 7.58. The smallest absolute Gasteiger partial charge is 0.192 e. The van der Waals surface area contributed by atoms with E-state index in [9.17, 15) is 0 Å². The summed E-state index contributed by atoms with van der Waals surface area (Å²) in [6.45, 7) is 15.7. The van der Waals surface area contributed by atoms with E-state index in [0.29, 0.717) is 39.2 Å². The Morgan fingerprint density at radius 2 is 1.79 bits per heavy atom. The lowest BCUT2D eigenvalue weighted by Gasteiger charge is -2.52. The number of ether oxygens (including phenoxy) is 1. The third kappa shape index (κ3) is 4.92. The first-order chi connectivity index (χ1) is 18.4. The second-order valence-electron chi connectivity index (χ2n) is 12.1. The summed E-state index contributed by atoms with van der Waals surface area (Å²) >= 11 is 6.69. The monoisotopic (exact) mass is 565 g/mol. The SMILES string of the molecule is COc1cccc(-c2noc(-c3cnn(C4CC(C)(O[Si](C)(C)C(C)(C)C)C4)c3C)c2-c2ncccn2)c1Cl. The molecule has 0 radical (unpaired) electrons. The Labute approximate surface area is 235 Å². The molecule has 1 aliphatic rings. The fourth-order valence-corrected chi connectivity index (χ4v) is 7.12. The third-order valence-electron chi connectivity index (χ3n) is 8.20. The normalized spacial score (nSPS) is 19.7. The maximum Gasteiger partial charge on any atom is 0.192 e. The molecule has 39 heavy (non-hydrogen) atoms. The van der Waals surface area contributed by atoms with Gasteiger partial charge in [-0.15, -0.1) is 0 Å². The average molecular weight is 566 g/mol. The first-order valence-electron chi connectivity index (χ1n) is 13.2. The second kappa shape index (κ2) is 9.87. The number of methoxy groups -OCH3 is 1. The average Bonchev–Trinajstić information content (AvgIpc) is 3.45. The highest BCUT2D eigenvalue weighted by Gasteiger charge is 2.50. The van der Waals surface area contributed by atoms with Crippen LogP contribution < -0.4 is 4.74 Å². The maximum atomic E-state index is 6.80. The fourth-order valence-electron chi connectivity index (χ4n) is 5.12. The Morgan fingerprint density at radius 3 is 2.44 bits per heavy atom. The Kier molecular flexibility index (Phi) is 6.97. The van der Waals surface area contributed by atoms with Gasteiger partial charge in [0, 0.05) is 23.7 Å². The van der Waals surface area contributed by atoms with Crippen LogP contribution in [-0.4, -0.2) is 45.9 Å². The predicted octanol–water partition coefficient (Wildman–Crippen LogP) is 7.75. The summed E-state index contributed by atoms with van der Waals surface area (Å²) < 4.78 is 20.3. The van der Waals surface area contributed by atoms with E-state index < -0.39 is 8.32 Å². The maximum absolute atomic E-state index is 6.80. The van der Waals surface area contributed by atoms with E-state index in [1.165, 1.54) is 0 Å². The van der Waals surface area contributed by atoms with Gasteiger partial charge >= 0.3 is 0 Å². The van der Waals surface area contributed by atoms with Gasteiger partial charge in [-0.25, -0.2) is 9.97 Å². The summed E-state index contributed by atoms with van der Waals surface area (Å²) in [5.74, 6) is 1.60. The highest BCUT2D eigenvalue weighted by molar-refractivity contribution is 6.74. The van der Waals surface area contributed by atoms with Gasteiger partial charge in [-0.05, 0) is 57.0 Å². The van der Waals surface area contributed by atoms with Gasteiger partial charge in [0.1, 0.15) is 11.4 Å². The highest BCUT2D eigenvalue weighted by atomic mass is 35.5. The van der Waals surface area contributed by atoms with Crippen molar-refractivity contribution in [1.82, 2.24) is 24.9 Å². The van der Waals surface area contributed by atoms with Crippen molar-refractivity contribution in [3.63, 3.8) is 0 Å². The molecule has 0 aliphatic heterocycles. The summed E-state index contributed by atoms with van der Waals surface area (Å²) in [5, 5.41) is 9.84. The molecule has 1 aromatic carbocycles. The van der Waals surface area contributed by atoms with Crippen LogP contribution in [0.5, 0.6) is 5.75 Å². The van der Waals surface area contributed by atoms with E-state index >= 15 is 0 Å².